The van der Waals surface area contributed by atoms with Gasteiger partial charge < -0.3 is 0 Å². The quantitative estimate of drug-likeness (QED) is 0.284. The van der Waals surface area contributed by atoms with Crippen LogP contribution >= 0.6 is 0 Å². The summed E-state index contributed by atoms with van der Waals surface area (Å²) in [5, 5.41) is 3.68. The number of azide groups is 1. The third-order valence-corrected chi connectivity index (χ3v) is 5.55. The highest BCUT2D eigenvalue weighted by molar-refractivity contribution is 7.90. The third kappa shape index (κ3) is 3.17. The van der Waals surface area contributed by atoms with E-state index in [1.165, 1.54) is 12.4 Å². The summed E-state index contributed by atoms with van der Waals surface area (Å²) in [5.41, 5.74) is 10.7. The molecule has 0 radical (unpaired) electrons. The second-order valence-electron chi connectivity index (χ2n) is 5.68. The van der Waals surface area contributed by atoms with Crippen molar-refractivity contribution in [3.05, 3.63) is 77.1 Å². The van der Waals surface area contributed by atoms with Crippen molar-refractivity contribution in [3.8, 4) is 0 Å². The molecule has 0 N–H and O–H groups in total. The van der Waals surface area contributed by atoms with Crippen molar-refractivity contribution < 1.29 is 8.42 Å². The van der Waals surface area contributed by atoms with E-state index in [1.807, 2.05) is 6.92 Å². The molecule has 1 aromatic carbocycles. The molecule has 2 aromatic heterocycles. The van der Waals surface area contributed by atoms with Crippen molar-refractivity contribution in [2.75, 3.05) is 0 Å². The van der Waals surface area contributed by atoms with Gasteiger partial charge in [-0.3, -0.25) is 0 Å². The minimum Gasteiger partial charge on any atom is -0.247 e. The van der Waals surface area contributed by atoms with Crippen molar-refractivity contribution in [1.29, 1.82) is 0 Å². The predicted molar refractivity (Wildman–Crippen MR) is 98.0 cm³/mol. The van der Waals surface area contributed by atoms with Gasteiger partial charge in [0.1, 0.15) is 5.52 Å². The van der Waals surface area contributed by atoms with Crippen LogP contribution in [-0.4, -0.2) is 22.4 Å². The Hall–Kier alpha value is -3.16. The normalized spacial score (nSPS) is 12.5. The summed E-state index contributed by atoms with van der Waals surface area (Å²) in [7, 11) is -3.78. The van der Waals surface area contributed by atoms with Gasteiger partial charge in [-0.1, -0.05) is 28.9 Å². The lowest BCUT2D eigenvalue weighted by Gasteiger charge is -2.09. The summed E-state index contributed by atoms with van der Waals surface area (Å²) in [5.74, 6) is 0. The second kappa shape index (κ2) is 6.99. The number of aromatic nitrogens is 3. The van der Waals surface area contributed by atoms with E-state index >= 15 is 0 Å². The molecule has 0 spiro atoms. The van der Waals surface area contributed by atoms with Gasteiger partial charge in [0.25, 0.3) is 10.0 Å². The molecule has 0 fully saturated rings. The van der Waals surface area contributed by atoms with Crippen molar-refractivity contribution in [2.24, 2.45) is 5.11 Å². The number of fused-ring (bicyclic) bond motifs is 1. The first kappa shape index (κ1) is 17.7. The molecule has 8 nitrogen and oxygen atoms in total. The molecule has 2 heterocycles. The number of nitrogens with zero attached hydrogens (tertiary/aromatic N) is 6. The number of rotatable bonds is 6. The average molecular weight is 368 g/mol. The van der Waals surface area contributed by atoms with Crippen LogP contribution in [0.3, 0.4) is 0 Å². The fourth-order valence-electron chi connectivity index (χ4n) is 2.53. The van der Waals surface area contributed by atoms with Crippen LogP contribution in [0.1, 0.15) is 23.7 Å². The molecule has 3 aromatic rings. The van der Waals surface area contributed by atoms with E-state index in [-0.39, 0.29) is 10.5 Å². The summed E-state index contributed by atoms with van der Waals surface area (Å²) >= 11 is 0. The molecule has 0 saturated heterocycles. The highest BCUT2D eigenvalue weighted by Crippen LogP contribution is 2.24. The predicted octanol–water partition coefficient (Wildman–Crippen LogP) is 3.90. The van der Waals surface area contributed by atoms with Gasteiger partial charge in [-0.05, 0) is 37.1 Å². The van der Waals surface area contributed by atoms with Gasteiger partial charge in [0.05, 0.1) is 22.8 Å². The van der Waals surface area contributed by atoms with Gasteiger partial charge in [-0.15, -0.1) is 6.58 Å². The van der Waals surface area contributed by atoms with Crippen molar-refractivity contribution in [2.45, 2.75) is 24.3 Å². The molecule has 0 aliphatic carbocycles. The Kier molecular flexibility index (Phi) is 4.75. The summed E-state index contributed by atoms with van der Waals surface area (Å²) in [4.78, 5) is 11.6. The van der Waals surface area contributed by atoms with Gasteiger partial charge >= 0.3 is 0 Å². The van der Waals surface area contributed by atoms with Gasteiger partial charge in [-0.25, -0.2) is 22.4 Å². The molecule has 3 rings (SSSR count). The Morgan fingerprint density at radius 3 is 2.73 bits per heavy atom. The van der Waals surface area contributed by atoms with Crippen LogP contribution in [0.5, 0.6) is 0 Å². The highest BCUT2D eigenvalue weighted by atomic mass is 32.2. The number of hydrogen-bond acceptors (Lipinski definition) is 5. The summed E-state index contributed by atoms with van der Waals surface area (Å²) in [6.07, 6.45) is 4.87. The zero-order chi connectivity index (χ0) is 18.7. The van der Waals surface area contributed by atoms with E-state index in [0.29, 0.717) is 17.6 Å². The van der Waals surface area contributed by atoms with E-state index < -0.39 is 16.1 Å². The summed E-state index contributed by atoms with van der Waals surface area (Å²) in [6, 6.07) is 7.62. The van der Waals surface area contributed by atoms with Crippen LogP contribution in [0.15, 0.2) is 65.4 Å². The van der Waals surface area contributed by atoms with Gasteiger partial charge in [-0.2, -0.15) is 0 Å². The molecule has 0 aliphatic heterocycles. The minimum atomic E-state index is -3.78. The molecule has 1 unspecified atom stereocenters. The smallest absolute Gasteiger partial charge is 0.247 e. The Bertz CT molecular complexity index is 1110. The molecular weight excluding hydrogens is 352 g/mol. The van der Waals surface area contributed by atoms with E-state index in [1.54, 1.807) is 36.4 Å². The first-order chi connectivity index (χ1) is 12.5. The van der Waals surface area contributed by atoms with Crippen LogP contribution < -0.4 is 0 Å². The summed E-state index contributed by atoms with van der Waals surface area (Å²) in [6.45, 7) is 5.52. The van der Waals surface area contributed by atoms with Crippen molar-refractivity contribution in [3.63, 3.8) is 0 Å². The lowest BCUT2D eigenvalue weighted by Crippen LogP contribution is -2.12. The maximum absolute atomic E-state index is 12.9. The van der Waals surface area contributed by atoms with Crippen molar-refractivity contribution >= 4 is 21.2 Å². The third-order valence-electron chi connectivity index (χ3n) is 3.87. The molecule has 0 amide bonds. The van der Waals surface area contributed by atoms with Gasteiger partial charge in [0.2, 0.25) is 0 Å². The zero-order valence-electron chi connectivity index (χ0n) is 14.0. The Morgan fingerprint density at radius 2 is 2.08 bits per heavy atom. The van der Waals surface area contributed by atoms with E-state index in [0.717, 1.165) is 9.54 Å². The van der Waals surface area contributed by atoms with Gasteiger partial charge in [0.15, 0.2) is 5.65 Å². The largest absolute Gasteiger partial charge is 0.269 e. The SMILES string of the molecule is C=CCC(N=[N+]=[N-])c1cnc2c(ccn2S(=O)(=O)c2ccc(C)cc2)n1. The van der Waals surface area contributed by atoms with E-state index in [4.69, 9.17) is 5.53 Å². The monoisotopic (exact) mass is 368 g/mol. The Balaban J connectivity index is 2.08. The molecule has 0 aliphatic rings. The lowest BCUT2D eigenvalue weighted by atomic mass is 10.1. The first-order valence-corrected chi connectivity index (χ1v) is 9.22. The minimum absolute atomic E-state index is 0.171. The standard InChI is InChI=1S/C17H16N6O2S/c1-3-4-14(21-22-18)16-11-19-17-15(20-16)9-10-23(17)26(24,25)13-7-5-12(2)6-8-13/h3,5-11,14H,1,4H2,2H3. The fraction of sp³-hybridized carbons (Fsp3) is 0.176. The maximum atomic E-state index is 12.9. The second-order valence-corrected chi connectivity index (χ2v) is 7.49. The molecular formula is C17H16N6O2S. The van der Waals surface area contributed by atoms with Crippen LogP contribution in [0.4, 0.5) is 0 Å². The lowest BCUT2D eigenvalue weighted by molar-refractivity contribution is 0.588. The average Bonchev–Trinajstić information content (AvgIpc) is 3.06. The maximum Gasteiger partial charge on any atom is 0.269 e. The zero-order valence-corrected chi connectivity index (χ0v) is 14.8. The summed E-state index contributed by atoms with van der Waals surface area (Å²) < 4.78 is 26.8. The number of hydrogen-bond donors (Lipinski definition) is 0. The van der Waals surface area contributed by atoms with Crippen LogP contribution in [-0.2, 0) is 10.0 Å². The molecule has 1 atom stereocenters. The van der Waals surface area contributed by atoms with Gasteiger partial charge in [0, 0.05) is 11.1 Å². The fourth-order valence-corrected chi connectivity index (χ4v) is 3.82. The van der Waals surface area contributed by atoms with Crippen LogP contribution in [0, 0.1) is 6.92 Å². The van der Waals surface area contributed by atoms with Crippen LogP contribution in [0.25, 0.3) is 21.6 Å². The molecule has 132 valence electrons. The number of aryl methyl sites for hydroxylation is 1. The van der Waals surface area contributed by atoms with E-state index in [9.17, 15) is 8.42 Å². The Morgan fingerprint density at radius 1 is 1.35 bits per heavy atom. The molecule has 26 heavy (non-hydrogen) atoms. The molecule has 0 saturated carbocycles. The van der Waals surface area contributed by atoms with Crippen LogP contribution in [0.2, 0.25) is 0 Å². The number of benzene rings is 1. The molecule has 9 heteroatoms. The molecule has 0 bridgehead atoms. The topological polar surface area (TPSA) is 114 Å². The highest BCUT2D eigenvalue weighted by Gasteiger charge is 2.21. The van der Waals surface area contributed by atoms with Crippen molar-refractivity contribution in [1.82, 2.24) is 13.9 Å². The first-order valence-electron chi connectivity index (χ1n) is 7.78. The Labute approximate surface area is 150 Å². The van der Waals surface area contributed by atoms with E-state index in [2.05, 4.69) is 26.6 Å².